The van der Waals surface area contributed by atoms with Gasteiger partial charge in [0.05, 0.1) is 11.7 Å². The van der Waals surface area contributed by atoms with Crippen LogP contribution in [0.15, 0.2) is 24.3 Å². The second-order valence-corrected chi connectivity index (χ2v) is 9.58. The summed E-state index contributed by atoms with van der Waals surface area (Å²) in [6.45, 7) is 4.12. The second kappa shape index (κ2) is 10.7. The highest BCUT2D eigenvalue weighted by Gasteiger charge is 2.41. The molecule has 27 heavy (non-hydrogen) atoms. The molecule has 0 aromatic heterocycles. The monoisotopic (exact) mass is 398 g/mol. The molecular formula is C18H26O8Si. The molecule has 150 valence electrons. The summed E-state index contributed by atoms with van der Waals surface area (Å²) in [6.07, 6.45) is -0.164. The van der Waals surface area contributed by atoms with E-state index in [1.807, 2.05) is 0 Å². The van der Waals surface area contributed by atoms with Crippen molar-refractivity contribution in [1.82, 2.24) is 0 Å². The van der Waals surface area contributed by atoms with Crippen LogP contribution in [-0.4, -0.2) is 49.4 Å². The molecule has 8 nitrogen and oxygen atoms in total. The van der Waals surface area contributed by atoms with E-state index in [1.54, 1.807) is 6.92 Å². The van der Waals surface area contributed by atoms with Gasteiger partial charge in [0, 0.05) is 25.9 Å². The number of esters is 1. The maximum atomic E-state index is 11.9. The first-order valence-electron chi connectivity index (χ1n) is 8.71. The lowest BCUT2D eigenvalue weighted by Crippen LogP contribution is -2.44. The molecule has 1 atom stereocenters. The molecule has 0 aliphatic heterocycles. The molecule has 0 radical (unpaired) electrons. The van der Waals surface area contributed by atoms with Gasteiger partial charge in [-0.15, -0.1) is 0 Å². The van der Waals surface area contributed by atoms with Crippen LogP contribution < -0.4 is 0 Å². The van der Waals surface area contributed by atoms with E-state index in [1.165, 1.54) is 38.1 Å². The summed E-state index contributed by atoms with van der Waals surface area (Å²) in [4.78, 5) is 34.5. The minimum atomic E-state index is -3.01. The normalized spacial score (nSPS) is 12.1. The predicted molar refractivity (Wildman–Crippen MR) is 98.2 cm³/mol. The Morgan fingerprint density at radius 1 is 1.07 bits per heavy atom. The number of phenols is 1. The van der Waals surface area contributed by atoms with Crippen LogP contribution in [0, 0.1) is 0 Å². The highest BCUT2D eigenvalue weighted by molar-refractivity contribution is 6.70. The van der Waals surface area contributed by atoms with Crippen LogP contribution >= 0.6 is 0 Å². The molecule has 9 heteroatoms. The van der Waals surface area contributed by atoms with Gasteiger partial charge in [-0.2, -0.15) is 0 Å². The molecule has 0 amide bonds. The van der Waals surface area contributed by atoms with Gasteiger partial charge < -0.3 is 23.8 Å². The molecule has 0 aliphatic carbocycles. The van der Waals surface area contributed by atoms with E-state index < -0.39 is 32.6 Å². The van der Waals surface area contributed by atoms with Crippen LogP contribution in [0.2, 0.25) is 12.1 Å². The number of aliphatic hydroxyl groups excluding tert-OH is 1. The molecule has 2 N–H and O–H groups in total. The molecule has 1 aromatic rings. The zero-order valence-electron chi connectivity index (χ0n) is 15.8. The van der Waals surface area contributed by atoms with Crippen molar-refractivity contribution < 1.29 is 38.2 Å². The van der Waals surface area contributed by atoms with Crippen LogP contribution in [0.1, 0.15) is 44.0 Å². The van der Waals surface area contributed by atoms with Gasteiger partial charge in [0.2, 0.25) is 0 Å². The van der Waals surface area contributed by atoms with Crippen molar-refractivity contribution in [3.8, 4) is 5.75 Å². The number of phenolic OH excluding ortho intramolecular Hbond substituents is 1. The van der Waals surface area contributed by atoms with Gasteiger partial charge in [-0.1, -0.05) is 6.92 Å². The van der Waals surface area contributed by atoms with Crippen molar-refractivity contribution in [3.05, 3.63) is 29.8 Å². The van der Waals surface area contributed by atoms with E-state index in [2.05, 4.69) is 0 Å². The number of benzene rings is 1. The molecule has 0 fully saturated rings. The van der Waals surface area contributed by atoms with Gasteiger partial charge in [0.1, 0.15) is 12.4 Å². The summed E-state index contributed by atoms with van der Waals surface area (Å²) in [5.74, 6) is -1.58. The SMILES string of the molecule is CC[Si](CCCC(O)COC(=O)c1ccc(O)cc1)(OC(C)=O)OC(C)=O. The highest BCUT2D eigenvalue weighted by Crippen LogP contribution is 2.23. The number of carbonyl (C=O) groups excluding carboxylic acids is 3. The third-order valence-corrected chi connectivity index (χ3v) is 7.31. The Morgan fingerprint density at radius 2 is 1.63 bits per heavy atom. The summed E-state index contributed by atoms with van der Waals surface area (Å²) < 4.78 is 15.7. The fraction of sp³-hybridized carbons (Fsp3) is 0.500. The van der Waals surface area contributed by atoms with E-state index in [0.717, 1.165) is 0 Å². The number of ether oxygens (including phenoxy) is 1. The van der Waals surface area contributed by atoms with E-state index in [0.29, 0.717) is 24.9 Å². The lowest BCUT2D eigenvalue weighted by molar-refractivity contribution is -0.139. The molecule has 0 saturated heterocycles. The zero-order valence-corrected chi connectivity index (χ0v) is 16.8. The maximum Gasteiger partial charge on any atom is 0.463 e. The van der Waals surface area contributed by atoms with Crippen molar-refractivity contribution >= 4 is 26.5 Å². The van der Waals surface area contributed by atoms with E-state index in [-0.39, 0.29) is 17.9 Å². The third kappa shape index (κ3) is 8.22. The Bertz CT molecular complexity index is 627. The van der Waals surface area contributed by atoms with Gasteiger partial charge in [-0.3, -0.25) is 9.59 Å². The summed E-state index contributed by atoms with van der Waals surface area (Å²) in [5.41, 5.74) is 0.266. The summed E-state index contributed by atoms with van der Waals surface area (Å²) >= 11 is 0. The van der Waals surface area contributed by atoms with Crippen LogP contribution in [0.4, 0.5) is 0 Å². The number of carbonyl (C=O) groups is 3. The molecular weight excluding hydrogens is 372 g/mol. The second-order valence-electron chi connectivity index (χ2n) is 6.14. The van der Waals surface area contributed by atoms with E-state index >= 15 is 0 Å². The van der Waals surface area contributed by atoms with Crippen LogP contribution in [0.5, 0.6) is 5.75 Å². The number of hydrogen-bond acceptors (Lipinski definition) is 8. The zero-order chi connectivity index (χ0) is 20.4. The van der Waals surface area contributed by atoms with Gasteiger partial charge in [0.15, 0.2) is 0 Å². The molecule has 1 unspecified atom stereocenters. The first-order chi connectivity index (χ1) is 12.7. The Balaban J connectivity index is 2.48. The molecule has 1 aromatic carbocycles. The topological polar surface area (TPSA) is 119 Å². The first-order valence-corrected chi connectivity index (χ1v) is 10.9. The first kappa shape index (κ1) is 22.6. The number of aliphatic hydroxyl groups is 1. The van der Waals surface area contributed by atoms with Gasteiger partial charge in [0.25, 0.3) is 11.9 Å². The fourth-order valence-corrected chi connectivity index (χ4v) is 5.19. The Labute approximate surface area is 159 Å². The third-order valence-electron chi connectivity index (χ3n) is 3.80. The van der Waals surface area contributed by atoms with Crippen molar-refractivity contribution in [1.29, 1.82) is 0 Å². The van der Waals surface area contributed by atoms with Gasteiger partial charge in [-0.25, -0.2) is 4.79 Å². The van der Waals surface area contributed by atoms with Crippen molar-refractivity contribution in [2.75, 3.05) is 6.61 Å². The Hall–Kier alpha value is -2.39. The molecule has 1 rings (SSSR count). The average Bonchev–Trinajstić information content (AvgIpc) is 2.59. The standard InChI is InChI=1S/C18H26O8Si/c1-4-27(25-13(2)19,26-14(3)20)11-5-6-17(22)12-24-18(23)15-7-9-16(21)10-8-15/h7-10,17,21-22H,4-6,11-12H2,1-3H3. The quantitative estimate of drug-likeness (QED) is 0.455. The van der Waals surface area contributed by atoms with Crippen molar-refractivity contribution in [3.63, 3.8) is 0 Å². The molecule has 0 spiro atoms. The van der Waals surface area contributed by atoms with Crippen molar-refractivity contribution in [2.24, 2.45) is 0 Å². The van der Waals surface area contributed by atoms with Crippen LogP contribution in [0.3, 0.4) is 0 Å². The van der Waals surface area contributed by atoms with Crippen LogP contribution in [-0.2, 0) is 23.2 Å². The van der Waals surface area contributed by atoms with Gasteiger partial charge >= 0.3 is 14.5 Å². The Morgan fingerprint density at radius 3 is 2.11 bits per heavy atom. The fourth-order valence-electron chi connectivity index (χ4n) is 2.51. The maximum absolute atomic E-state index is 11.9. The lowest BCUT2D eigenvalue weighted by Gasteiger charge is -2.28. The summed E-state index contributed by atoms with van der Waals surface area (Å²) in [7, 11) is -3.01. The molecule has 0 heterocycles. The molecule has 0 bridgehead atoms. The largest absolute Gasteiger partial charge is 0.508 e. The van der Waals surface area contributed by atoms with E-state index in [4.69, 9.17) is 13.6 Å². The van der Waals surface area contributed by atoms with Crippen LogP contribution in [0.25, 0.3) is 0 Å². The predicted octanol–water partition coefficient (Wildman–Crippen LogP) is 2.28. The summed E-state index contributed by atoms with van der Waals surface area (Å²) in [6, 6.07) is 6.34. The number of rotatable bonds is 10. The van der Waals surface area contributed by atoms with Crippen molar-refractivity contribution in [2.45, 2.75) is 51.8 Å². The molecule has 0 saturated carbocycles. The lowest BCUT2D eigenvalue weighted by atomic mass is 10.2. The Kier molecular flexibility index (Phi) is 8.96. The number of hydrogen-bond donors (Lipinski definition) is 2. The summed E-state index contributed by atoms with van der Waals surface area (Å²) in [5, 5.41) is 19.2. The average molecular weight is 398 g/mol. The highest BCUT2D eigenvalue weighted by atomic mass is 28.4. The van der Waals surface area contributed by atoms with E-state index in [9.17, 15) is 24.6 Å². The smallest absolute Gasteiger partial charge is 0.463 e. The minimum Gasteiger partial charge on any atom is -0.508 e. The van der Waals surface area contributed by atoms with Gasteiger partial charge in [-0.05, 0) is 37.1 Å². The minimum absolute atomic E-state index is 0.0377. The number of aromatic hydroxyl groups is 1. The molecule has 0 aliphatic rings.